The quantitative estimate of drug-likeness (QED) is 0.241. The Morgan fingerprint density at radius 3 is 2.39 bits per heavy atom. The molecule has 1 aromatic heterocycles. The Kier molecular flexibility index (Phi) is 6.53. The van der Waals surface area contributed by atoms with E-state index in [0.29, 0.717) is 19.4 Å². The summed E-state index contributed by atoms with van der Waals surface area (Å²) >= 11 is 5.99. The van der Waals surface area contributed by atoms with Crippen LogP contribution in [0.4, 0.5) is 5.69 Å². The largest absolute Gasteiger partial charge is 0.515 e. The molecule has 38 heavy (non-hydrogen) atoms. The summed E-state index contributed by atoms with van der Waals surface area (Å²) in [7, 11) is -9.62. The zero-order valence-corrected chi connectivity index (χ0v) is 22.0. The second kappa shape index (κ2) is 9.57. The number of hydrogen-bond donors (Lipinski definition) is 2. The number of rotatable bonds is 6. The van der Waals surface area contributed by atoms with E-state index in [2.05, 4.69) is 0 Å². The molecule has 196 valence electrons. The van der Waals surface area contributed by atoms with Crippen LogP contribution in [0.1, 0.15) is 19.2 Å². The Labute approximate surface area is 223 Å². The van der Waals surface area contributed by atoms with Gasteiger partial charge in [-0.2, -0.15) is 12.7 Å². The number of benzene rings is 3. The normalized spacial score (nSPS) is 15.2. The first kappa shape index (κ1) is 25.9. The minimum atomic E-state index is -4.81. The SMILES string of the molecule is CCC(=Cc1oc2ccc(-c3ccccc3)cc2[n+]1S(=O)(=O)O)C=C1Oc2ccc(Cl)cc2N1S(=O)(=O)O. The Morgan fingerprint density at radius 2 is 1.74 bits per heavy atom. The Hall–Kier alpha value is -3.68. The molecule has 0 amide bonds. The van der Waals surface area contributed by atoms with Crippen molar-refractivity contribution in [3.05, 3.63) is 95.2 Å². The van der Waals surface area contributed by atoms with Crippen molar-refractivity contribution in [2.24, 2.45) is 0 Å². The minimum Gasteiger partial charge on any atom is -0.437 e. The number of oxazole rings is 1. The van der Waals surface area contributed by atoms with Crippen molar-refractivity contribution in [2.75, 3.05) is 4.31 Å². The molecule has 2 N–H and O–H groups in total. The van der Waals surface area contributed by atoms with Gasteiger partial charge in [0.15, 0.2) is 5.75 Å². The molecule has 0 atom stereocenters. The summed E-state index contributed by atoms with van der Waals surface area (Å²) in [6.45, 7) is 1.73. The van der Waals surface area contributed by atoms with Crippen LogP contribution in [0, 0.1) is 0 Å². The van der Waals surface area contributed by atoms with Crippen LogP contribution >= 0.6 is 11.6 Å². The number of allylic oxidation sites excluding steroid dienone is 2. The summed E-state index contributed by atoms with van der Waals surface area (Å²) in [5.41, 5.74) is 2.18. The highest BCUT2D eigenvalue weighted by Crippen LogP contribution is 2.42. The predicted octanol–water partition coefficient (Wildman–Crippen LogP) is 5.03. The first-order valence-electron chi connectivity index (χ1n) is 11.1. The molecule has 4 aromatic rings. The summed E-state index contributed by atoms with van der Waals surface area (Å²) in [4.78, 5) is 0. The highest BCUT2D eigenvalue weighted by molar-refractivity contribution is 7.87. The average molecular weight is 576 g/mol. The van der Waals surface area contributed by atoms with Crippen molar-refractivity contribution in [2.45, 2.75) is 13.3 Å². The lowest BCUT2D eigenvalue weighted by atomic mass is 10.1. The summed E-state index contributed by atoms with van der Waals surface area (Å²) in [5, 5.41) is 0.222. The molecule has 5 rings (SSSR count). The van der Waals surface area contributed by atoms with E-state index in [1.54, 1.807) is 25.1 Å². The zero-order chi connectivity index (χ0) is 27.2. The van der Waals surface area contributed by atoms with Gasteiger partial charge in [-0.1, -0.05) is 54.9 Å². The van der Waals surface area contributed by atoms with Crippen LogP contribution in [0.5, 0.6) is 5.75 Å². The first-order valence-corrected chi connectivity index (χ1v) is 14.3. The second-order valence-corrected chi connectivity index (χ2v) is 11.2. The fourth-order valence-electron chi connectivity index (χ4n) is 4.07. The van der Waals surface area contributed by atoms with Gasteiger partial charge in [0, 0.05) is 17.2 Å². The van der Waals surface area contributed by atoms with Gasteiger partial charge in [0.1, 0.15) is 5.69 Å². The van der Waals surface area contributed by atoms with Gasteiger partial charge in [-0.25, -0.2) is 4.55 Å². The van der Waals surface area contributed by atoms with E-state index < -0.39 is 20.6 Å². The van der Waals surface area contributed by atoms with Crippen LogP contribution in [-0.4, -0.2) is 25.9 Å². The number of ether oxygens (including phenoxy) is 1. The van der Waals surface area contributed by atoms with E-state index in [1.807, 2.05) is 30.3 Å². The molecule has 0 aliphatic carbocycles. The monoisotopic (exact) mass is 575 g/mol. The molecule has 10 nitrogen and oxygen atoms in total. The van der Waals surface area contributed by atoms with Crippen molar-refractivity contribution in [1.82, 2.24) is 0 Å². The molecule has 0 radical (unpaired) electrons. The van der Waals surface area contributed by atoms with Crippen molar-refractivity contribution >= 4 is 55.1 Å². The number of halogens is 1. The van der Waals surface area contributed by atoms with E-state index in [9.17, 15) is 25.9 Å². The lowest BCUT2D eigenvalue weighted by Gasteiger charge is -2.14. The molecule has 0 spiro atoms. The third-order valence-electron chi connectivity index (χ3n) is 5.74. The lowest BCUT2D eigenvalue weighted by molar-refractivity contribution is -0.498. The van der Waals surface area contributed by atoms with Gasteiger partial charge >= 0.3 is 26.5 Å². The molecular weight excluding hydrogens is 556 g/mol. The maximum atomic E-state index is 12.4. The van der Waals surface area contributed by atoms with E-state index in [0.717, 1.165) is 5.56 Å². The van der Waals surface area contributed by atoms with Gasteiger partial charge in [0.2, 0.25) is 11.5 Å². The smallest absolute Gasteiger partial charge is 0.437 e. The van der Waals surface area contributed by atoms with Gasteiger partial charge in [-0.15, -0.1) is 8.42 Å². The predicted molar refractivity (Wildman–Crippen MR) is 141 cm³/mol. The van der Waals surface area contributed by atoms with Gasteiger partial charge in [-0.05, 0) is 51.4 Å². The number of hydrogen-bond acceptors (Lipinski definition) is 6. The van der Waals surface area contributed by atoms with Crippen LogP contribution in [0.2, 0.25) is 5.02 Å². The summed E-state index contributed by atoms with van der Waals surface area (Å²) in [6.07, 6.45) is 2.89. The van der Waals surface area contributed by atoms with E-state index >= 15 is 0 Å². The number of nitrogens with zero attached hydrogens (tertiary/aromatic N) is 2. The number of anilines is 1. The van der Waals surface area contributed by atoms with Crippen molar-refractivity contribution in [3.63, 3.8) is 0 Å². The third-order valence-corrected chi connectivity index (χ3v) is 7.65. The topological polar surface area (TPSA) is 138 Å². The van der Waals surface area contributed by atoms with Crippen molar-refractivity contribution < 1.29 is 39.1 Å². The number of aromatic nitrogens is 1. The van der Waals surface area contributed by atoms with Crippen LogP contribution in [0.3, 0.4) is 0 Å². The Balaban J connectivity index is 1.65. The van der Waals surface area contributed by atoms with Crippen LogP contribution in [-0.2, 0) is 20.6 Å². The minimum absolute atomic E-state index is 0.00637. The van der Waals surface area contributed by atoms with E-state index in [4.69, 9.17) is 20.8 Å². The zero-order valence-electron chi connectivity index (χ0n) is 19.6. The third kappa shape index (κ3) is 4.91. The molecule has 1 aliphatic heterocycles. The first-order chi connectivity index (χ1) is 18.0. The average Bonchev–Trinajstić information content (AvgIpc) is 3.40. The van der Waals surface area contributed by atoms with Gasteiger partial charge in [-0.3, -0.25) is 4.55 Å². The van der Waals surface area contributed by atoms with Gasteiger partial charge in [0.25, 0.3) is 5.52 Å². The van der Waals surface area contributed by atoms with Crippen LogP contribution < -0.4 is 13.0 Å². The van der Waals surface area contributed by atoms with E-state index in [-0.39, 0.29) is 45.8 Å². The second-order valence-electron chi connectivity index (χ2n) is 8.24. The van der Waals surface area contributed by atoms with Crippen LogP contribution in [0.15, 0.2) is 88.7 Å². The number of fused-ring (bicyclic) bond motifs is 2. The highest BCUT2D eigenvalue weighted by atomic mass is 35.5. The molecule has 0 bridgehead atoms. The molecule has 3 aromatic carbocycles. The summed E-state index contributed by atoms with van der Waals surface area (Å²) in [6, 6.07) is 18.4. The molecular formula is C25H20ClN2O8S2+. The van der Waals surface area contributed by atoms with Gasteiger partial charge < -0.3 is 9.15 Å². The maximum absolute atomic E-state index is 12.4. The van der Waals surface area contributed by atoms with Crippen molar-refractivity contribution in [1.29, 1.82) is 0 Å². The molecule has 0 fully saturated rings. The molecule has 13 heteroatoms. The Morgan fingerprint density at radius 1 is 1.00 bits per heavy atom. The Bertz CT molecular complexity index is 1850. The standard InChI is InChI=1S/C25H19ClN2O8S2/c1-2-16(13-25-28(38(32,33)34)21-15-19(26)9-11-23(21)36-25)12-24-27(37(29,30)31)20-14-18(8-10-22(20)35-24)17-6-4-3-5-7-17/h3-15H,2H2,1H3,(H-,29,30,31,32,33,34)/p+1. The molecule has 2 heterocycles. The fraction of sp³-hybridized carbons (Fsp3) is 0.0800. The van der Waals surface area contributed by atoms with Gasteiger partial charge in [0.05, 0.1) is 6.08 Å². The fourth-order valence-corrected chi connectivity index (χ4v) is 5.65. The summed E-state index contributed by atoms with van der Waals surface area (Å²) in [5.74, 6) is -0.365. The highest BCUT2D eigenvalue weighted by Gasteiger charge is 2.36. The van der Waals surface area contributed by atoms with Crippen molar-refractivity contribution in [3.8, 4) is 16.9 Å². The lowest BCUT2D eigenvalue weighted by Crippen LogP contribution is -2.43. The molecule has 1 aliphatic rings. The van der Waals surface area contributed by atoms with Crippen LogP contribution in [0.25, 0.3) is 28.3 Å². The van der Waals surface area contributed by atoms with E-state index in [1.165, 1.54) is 30.4 Å². The molecule has 0 saturated carbocycles. The maximum Gasteiger partial charge on any atom is 0.515 e. The molecule has 0 unspecified atom stereocenters. The summed E-state index contributed by atoms with van der Waals surface area (Å²) < 4.78 is 81.7. The molecule has 0 saturated heterocycles.